The molecule has 1 rings (SSSR count). The lowest BCUT2D eigenvalue weighted by atomic mass is 10.2. The highest BCUT2D eigenvalue weighted by molar-refractivity contribution is 5.16. The molecule has 0 N–H and O–H groups in total. The fourth-order valence-electron chi connectivity index (χ4n) is 0.799. The van der Waals surface area contributed by atoms with E-state index in [9.17, 15) is 0 Å². The van der Waals surface area contributed by atoms with E-state index in [2.05, 4.69) is 36.5 Å². The second-order valence-electron chi connectivity index (χ2n) is 2.20. The van der Waals surface area contributed by atoms with Gasteiger partial charge in [-0.3, -0.25) is 0 Å². The van der Waals surface area contributed by atoms with Gasteiger partial charge in [0.25, 0.3) is 0 Å². The topological polar surface area (TPSA) is 0 Å². The predicted octanol–water partition coefficient (Wildman–Crippen LogP) is 3.01. The monoisotopic (exact) mass is 132 g/mol. The lowest BCUT2D eigenvalue weighted by Crippen LogP contribution is -1.64. The minimum absolute atomic E-state index is 1.15. The first kappa shape index (κ1) is 7.07. The molecule has 1 aliphatic rings. The molecule has 0 unspecified atom stereocenters. The van der Waals surface area contributed by atoms with Gasteiger partial charge in [0, 0.05) is 0 Å². The van der Waals surface area contributed by atoms with Gasteiger partial charge in [-0.1, -0.05) is 48.6 Å². The molecule has 10 heavy (non-hydrogen) atoms. The summed E-state index contributed by atoms with van der Waals surface area (Å²) >= 11 is 0. The summed E-state index contributed by atoms with van der Waals surface area (Å²) in [6, 6.07) is 0. The fraction of sp³-hybridized carbons (Fsp3) is 0.200. The molecule has 0 aromatic carbocycles. The molecule has 0 spiro atoms. The number of allylic oxidation sites excluding steroid dienone is 8. The average molecular weight is 132 g/mol. The Morgan fingerprint density at radius 3 is 1.40 bits per heavy atom. The predicted molar refractivity (Wildman–Crippen MR) is 45.8 cm³/mol. The smallest absolute Gasteiger partial charge is 0.0313 e. The lowest BCUT2D eigenvalue weighted by molar-refractivity contribution is 1.05. The second kappa shape index (κ2) is 4.80. The molecule has 0 amide bonds. The fourth-order valence-corrected chi connectivity index (χ4v) is 0.799. The highest BCUT2D eigenvalue weighted by atomic mass is 13.8. The van der Waals surface area contributed by atoms with Gasteiger partial charge in [0.15, 0.2) is 0 Å². The van der Waals surface area contributed by atoms with E-state index in [1.807, 2.05) is 12.2 Å². The second-order valence-corrected chi connectivity index (χ2v) is 2.20. The molecule has 0 aromatic heterocycles. The van der Waals surface area contributed by atoms with Crippen LogP contribution in [0.1, 0.15) is 12.8 Å². The highest BCUT2D eigenvalue weighted by Gasteiger charge is 1.74. The summed E-state index contributed by atoms with van der Waals surface area (Å²) in [5.74, 6) is 0. The molecule has 52 valence electrons. The molecule has 0 aliphatic heterocycles. The van der Waals surface area contributed by atoms with Gasteiger partial charge >= 0.3 is 0 Å². The van der Waals surface area contributed by atoms with Gasteiger partial charge < -0.3 is 0 Å². The van der Waals surface area contributed by atoms with Gasteiger partial charge in [-0.2, -0.15) is 0 Å². The SMILES string of the molecule is C1=C/C=C/CC/C=C/C=C1. The van der Waals surface area contributed by atoms with E-state index in [-0.39, 0.29) is 0 Å². The van der Waals surface area contributed by atoms with Crippen LogP contribution in [0.5, 0.6) is 0 Å². The molecule has 0 nitrogen and oxygen atoms in total. The van der Waals surface area contributed by atoms with Crippen molar-refractivity contribution in [2.24, 2.45) is 0 Å². The Bertz CT molecular complexity index is 158. The number of rotatable bonds is 0. The quantitative estimate of drug-likeness (QED) is 0.475. The van der Waals surface area contributed by atoms with Crippen LogP contribution in [-0.4, -0.2) is 0 Å². The minimum atomic E-state index is 1.15. The highest BCUT2D eigenvalue weighted by Crippen LogP contribution is 1.95. The summed E-state index contributed by atoms with van der Waals surface area (Å²) in [5.41, 5.74) is 0. The summed E-state index contributed by atoms with van der Waals surface area (Å²) in [6.45, 7) is 0. The Morgan fingerprint density at radius 2 is 0.900 bits per heavy atom. The Labute approximate surface area is 62.3 Å². The van der Waals surface area contributed by atoms with Gasteiger partial charge in [0.2, 0.25) is 0 Å². The van der Waals surface area contributed by atoms with Crippen LogP contribution in [0, 0.1) is 0 Å². The minimum Gasteiger partial charge on any atom is -0.0842 e. The van der Waals surface area contributed by atoms with Crippen molar-refractivity contribution in [2.45, 2.75) is 12.8 Å². The van der Waals surface area contributed by atoms with Gasteiger partial charge in [0.1, 0.15) is 0 Å². The maximum absolute atomic E-state index is 2.18. The van der Waals surface area contributed by atoms with Gasteiger partial charge in [-0.15, -0.1) is 0 Å². The lowest BCUT2D eigenvalue weighted by Gasteiger charge is -1.85. The van der Waals surface area contributed by atoms with Crippen molar-refractivity contribution in [3.05, 3.63) is 48.6 Å². The molecule has 0 fully saturated rings. The zero-order valence-corrected chi connectivity index (χ0v) is 6.03. The first-order valence-corrected chi connectivity index (χ1v) is 3.65. The molecule has 1 aliphatic carbocycles. The zero-order valence-electron chi connectivity index (χ0n) is 6.03. The van der Waals surface area contributed by atoms with Crippen molar-refractivity contribution < 1.29 is 0 Å². The van der Waals surface area contributed by atoms with Crippen LogP contribution in [-0.2, 0) is 0 Å². The third-order valence-electron chi connectivity index (χ3n) is 1.33. The van der Waals surface area contributed by atoms with Crippen molar-refractivity contribution in [1.82, 2.24) is 0 Å². The Morgan fingerprint density at radius 1 is 0.500 bits per heavy atom. The van der Waals surface area contributed by atoms with E-state index < -0.39 is 0 Å². The van der Waals surface area contributed by atoms with E-state index >= 15 is 0 Å². The van der Waals surface area contributed by atoms with Crippen LogP contribution in [0.25, 0.3) is 0 Å². The van der Waals surface area contributed by atoms with Crippen LogP contribution in [0.4, 0.5) is 0 Å². The Hall–Kier alpha value is -1.04. The largest absolute Gasteiger partial charge is 0.0842 e. The maximum Gasteiger partial charge on any atom is -0.0313 e. The Kier molecular flexibility index (Phi) is 3.40. The van der Waals surface area contributed by atoms with Crippen LogP contribution in [0.2, 0.25) is 0 Å². The van der Waals surface area contributed by atoms with E-state index in [1.54, 1.807) is 0 Å². The summed E-state index contributed by atoms with van der Waals surface area (Å²) < 4.78 is 0. The normalized spacial score (nSPS) is 24.0. The number of hydrogen-bond acceptors (Lipinski definition) is 0. The standard InChI is InChI=1S/C10H12/c1-2-4-6-8-10-9-7-5-3-1/h1-8H,9-10H2/b3-1?,4-2?,7-5+,8-6+. The molecule has 0 atom stereocenters. The van der Waals surface area contributed by atoms with E-state index in [0.29, 0.717) is 0 Å². The van der Waals surface area contributed by atoms with Gasteiger partial charge in [-0.25, -0.2) is 0 Å². The molecule has 0 heteroatoms. The first-order chi connectivity index (χ1) is 5.00. The zero-order chi connectivity index (χ0) is 7.07. The van der Waals surface area contributed by atoms with E-state index in [0.717, 1.165) is 12.8 Å². The van der Waals surface area contributed by atoms with Crippen LogP contribution in [0.3, 0.4) is 0 Å². The van der Waals surface area contributed by atoms with E-state index in [1.165, 1.54) is 0 Å². The molecule has 0 bridgehead atoms. The van der Waals surface area contributed by atoms with E-state index in [4.69, 9.17) is 0 Å². The summed E-state index contributed by atoms with van der Waals surface area (Å²) in [5, 5.41) is 0. The molecule has 0 radical (unpaired) electrons. The Balaban J connectivity index is 2.53. The van der Waals surface area contributed by atoms with Gasteiger partial charge in [0.05, 0.1) is 0 Å². The van der Waals surface area contributed by atoms with Crippen molar-refractivity contribution in [2.75, 3.05) is 0 Å². The van der Waals surface area contributed by atoms with Crippen molar-refractivity contribution in [3.63, 3.8) is 0 Å². The average Bonchev–Trinajstić information content (AvgIpc) is 2.01. The third-order valence-corrected chi connectivity index (χ3v) is 1.33. The van der Waals surface area contributed by atoms with Crippen LogP contribution in [0.15, 0.2) is 48.6 Å². The first-order valence-electron chi connectivity index (χ1n) is 3.65. The summed E-state index contributed by atoms with van der Waals surface area (Å²) in [4.78, 5) is 0. The van der Waals surface area contributed by atoms with Crippen molar-refractivity contribution in [3.8, 4) is 0 Å². The summed E-state index contributed by atoms with van der Waals surface area (Å²) in [7, 11) is 0. The molecule has 0 saturated heterocycles. The third kappa shape index (κ3) is 3.08. The maximum atomic E-state index is 2.18. The van der Waals surface area contributed by atoms with Crippen LogP contribution < -0.4 is 0 Å². The molecule has 0 heterocycles. The molecule has 0 saturated carbocycles. The molecular formula is C10H12. The van der Waals surface area contributed by atoms with Gasteiger partial charge in [-0.05, 0) is 12.8 Å². The molecule has 0 aromatic rings. The van der Waals surface area contributed by atoms with Crippen molar-refractivity contribution in [1.29, 1.82) is 0 Å². The number of hydrogen-bond donors (Lipinski definition) is 0. The van der Waals surface area contributed by atoms with Crippen molar-refractivity contribution >= 4 is 0 Å². The summed E-state index contributed by atoms with van der Waals surface area (Å²) in [6.07, 6.45) is 19.0. The molecular weight excluding hydrogens is 120 g/mol. The van der Waals surface area contributed by atoms with Crippen LogP contribution >= 0.6 is 0 Å².